The van der Waals surface area contributed by atoms with Gasteiger partial charge in [0.15, 0.2) is 5.78 Å². The van der Waals surface area contributed by atoms with E-state index >= 15 is 0 Å². The molecule has 9 heteroatoms. The van der Waals surface area contributed by atoms with Crippen LogP contribution in [0, 0.1) is 11.3 Å². The number of Topliss-reactive ketones (excluding diaryl/α,β-unsaturated/α-hetero) is 1. The third-order valence-corrected chi connectivity index (χ3v) is 5.51. The van der Waals surface area contributed by atoms with Crippen LogP contribution in [-0.4, -0.2) is 49.9 Å². The van der Waals surface area contributed by atoms with Crippen molar-refractivity contribution in [2.75, 3.05) is 6.54 Å². The predicted molar refractivity (Wildman–Crippen MR) is 108 cm³/mol. The summed E-state index contributed by atoms with van der Waals surface area (Å²) in [4.78, 5) is 30.4. The van der Waals surface area contributed by atoms with Gasteiger partial charge in [0.05, 0.1) is 24.3 Å². The molecule has 0 bridgehead atoms. The highest BCUT2D eigenvalue weighted by atomic mass is 19.3. The average Bonchev–Trinajstić information content (AvgIpc) is 3.30. The maximum absolute atomic E-state index is 13.6. The first kappa shape index (κ1) is 20.6. The molecule has 1 aliphatic heterocycles. The number of amides is 1. The van der Waals surface area contributed by atoms with Crippen LogP contribution < -0.4 is 0 Å². The lowest BCUT2D eigenvalue weighted by atomic mass is 9.95. The summed E-state index contributed by atoms with van der Waals surface area (Å²) in [6.45, 7) is -0.790. The minimum atomic E-state index is -3.08. The van der Waals surface area contributed by atoms with E-state index in [4.69, 9.17) is 5.26 Å². The van der Waals surface area contributed by atoms with Crippen LogP contribution in [0.1, 0.15) is 29.6 Å². The summed E-state index contributed by atoms with van der Waals surface area (Å²) in [7, 11) is 1.82. The summed E-state index contributed by atoms with van der Waals surface area (Å²) < 4.78 is 28.9. The molecule has 1 aliphatic rings. The van der Waals surface area contributed by atoms with Crippen LogP contribution in [0.3, 0.4) is 0 Å². The summed E-state index contributed by atoms with van der Waals surface area (Å²) in [5.74, 6) is -4.01. The van der Waals surface area contributed by atoms with Crippen LogP contribution in [0.2, 0.25) is 0 Å². The molecule has 2 aromatic heterocycles. The molecule has 1 aromatic carbocycles. The van der Waals surface area contributed by atoms with Crippen LogP contribution in [0.25, 0.3) is 22.0 Å². The van der Waals surface area contributed by atoms with Crippen LogP contribution in [0.15, 0.2) is 42.9 Å². The molecule has 7 nitrogen and oxygen atoms in total. The zero-order chi connectivity index (χ0) is 22.2. The topological polar surface area (TPSA) is 91.9 Å². The van der Waals surface area contributed by atoms with E-state index in [1.54, 1.807) is 29.2 Å². The number of hydrogen-bond donors (Lipinski definition) is 0. The van der Waals surface area contributed by atoms with E-state index in [2.05, 4.69) is 10.1 Å². The van der Waals surface area contributed by atoms with Crippen molar-refractivity contribution < 1.29 is 18.4 Å². The lowest BCUT2D eigenvalue weighted by Crippen LogP contribution is -2.36. The van der Waals surface area contributed by atoms with Crippen LogP contribution in [-0.2, 0) is 11.8 Å². The number of ketones is 1. The Bertz CT molecular complexity index is 1210. The van der Waals surface area contributed by atoms with E-state index < -0.39 is 30.8 Å². The normalized spacial score (nSPS) is 17.6. The molecular formula is C22H19F2N5O2. The number of pyridine rings is 1. The fourth-order valence-electron chi connectivity index (χ4n) is 3.96. The molecule has 4 rings (SSSR count). The van der Waals surface area contributed by atoms with Gasteiger partial charge in [-0.3, -0.25) is 19.3 Å². The highest BCUT2D eigenvalue weighted by Gasteiger charge is 2.47. The van der Waals surface area contributed by atoms with Crippen LogP contribution in [0.4, 0.5) is 8.78 Å². The van der Waals surface area contributed by atoms with Crippen LogP contribution >= 0.6 is 0 Å². The molecule has 1 fully saturated rings. The van der Waals surface area contributed by atoms with Crippen molar-refractivity contribution in [3.63, 3.8) is 0 Å². The summed E-state index contributed by atoms with van der Waals surface area (Å²) in [6.07, 6.45) is 3.72. The van der Waals surface area contributed by atoms with Gasteiger partial charge >= 0.3 is 0 Å². The second kappa shape index (κ2) is 7.87. The number of carbonyl (C=O) groups excluding carboxylic acids is 2. The first-order chi connectivity index (χ1) is 14.8. The molecule has 0 unspecified atom stereocenters. The number of nitrogens with zero attached hydrogens (tertiary/aromatic N) is 5. The van der Waals surface area contributed by atoms with Crippen molar-refractivity contribution in [3.05, 3.63) is 48.4 Å². The minimum Gasteiger partial charge on any atom is -0.320 e. The van der Waals surface area contributed by atoms with Crippen molar-refractivity contribution >= 4 is 22.6 Å². The maximum atomic E-state index is 13.6. The minimum absolute atomic E-state index is 0.154. The summed E-state index contributed by atoms with van der Waals surface area (Å²) in [6, 6.07) is 7.80. The third-order valence-electron chi connectivity index (χ3n) is 5.51. The van der Waals surface area contributed by atoms with E-state index in [1.807, 2.05) is 25.2 Å². The third kappa shape index (κ3) is 3.89. The van der Waals surface area contributed by atoms with E-state index in [1.165, 1.54) is 6.20 Å². The molecule has 1 amide bonds. The Morgan fingerprint density at radius 1 is 1.23 bits per heavy atom. The number of hydrogen-bond acceptors (Lipinski definition) is 5. The Labute approximate surface area is 176 Å². The van der Waals surface area contributed by atoms with Gasteiger partial charge in [0, 0.05) is 55.2 Å². The lowest BCUT2D eigenvalue weighted by Gasteiger charge is -2.19. The number of nitriles is 1. The van der Waals surface area contributed by atoms with Crippen molar-refractivity contribution in [2.45, 2.75) is 31.2 Å². The SMILES string of the molecule is Cn1ncc2c(-c3cnccc3C(=O)CCC(=O)N3CC(F)(F)C[C@H]3C#N)cccc21. The standard InChI is InChI=1S/C22H19F2N5O2/c1-28-19-4-2-3-15(18(19)12-27-28)17-11-26-8-7-16(17)20(30)5-6-21(31)29-13-22(23,24)9-14(29)10-25/h2-4,7-8,11-12,14H,5-6,9,13H2,1H3/t14-/m0/s1. The second-order valence-corrected chi connectivity index (χ2v) is 7.58. The monoisotopic (exact) mass is 423 g/mol. The Morgan fingerprint density at radius 3 is 2.81 bits per heavy atom. The molecule has 0 N–H and O–H groups in total. The molecular weight excluding hydrogens is 404 g/mol. The largest absolute Gasteiger partial charge is 0.320 e. The smallest absolute Gasteiger partial charge is 0.268 e. The van der Waals surface area contributed by atoms with E-state index in [9.17, 15) is 18.4 Å². The average molecular weight is 423 g/mol. The van der Waals surface area contributed by atoms with Crippen LogP contribution in [0.5, 0.6) is 0 Å². The Morgan fingerprint density at radius 2 is 2.03 bits per heavy atom. The lowest BCUT2D eigenvalue weighted by molar-refractivity contribution is -0.132. The fraction of sp³-hybridized carbons (Fsp3) is 0.318. The van der Waals surface area contributed by atoms with Crippen molar-refractivity contribution in [2.24, 2.45) is 7.05 Å². The van der Waals surface area contributed by atoms with Gasteiger partial charge in [0.1, 0.15) is 6.04 Å². The fourth-order valence-corrected chi connectivity index (χ4v) is 3.96. The van der Waals surface area contributed by atoms with Gasteiger partial charge in [-0.2, -0.15) is 10.4 Å². The van der Waals surface area contributed by atoms with Gasteiger partial charge in [0.25, 0.3) is 5.92 Å². The number of fused-ring (bicyclic) bond motifs is 1. The molecule has 3 aromatic rings. The van der Waals surface area contributed by atoms with Crippen molar-refractivity contribution in [1.29, 1.82) is 5.26 Å². The van der Waals surface area contributed by atoms with Gasteiger partial charge in [0.2, 0.25) is 5.91 Å². The van der Waals surface area contributed by atoms with Gasteiger partial charge in [-0.25, -0.2) is 8.78 Å². The molecule has 158 valence electrons. The van der Waals surface area contributed by atoms with Gasteiger partial charge in [-0.1, -0.05) is 12.1 Å². The predicted octanol–water partition coefficient (Wildman–Crippen LogP) is 3.36. The Hall–Kier alpha value is -3.67. The molecule has 0 radical (unpaired) electrons. The quantitative estimate of drug-likeness (QED) is 0.587. The number of rotatable bonds is 5. The van der Waals surface area contributed by atoms with Gasteiger partial charge < -0.3 is 4.90 Å². The number of halogens is 2. The number of aryl methyl sites for hydroxylation is 1. The molecule has 0 spiro atoms. The Kier molecular flexibility index (Phi) is 5.23. The number of aromatic nitrogens is 3. The highest BCUT2D eigenvalue weighted by molar-refractivity contribution is 6.06. The van der Waals surface area contributed by atoms with E-state index in [0.717, 1.165) is 21.4 Å². The summed E-state index contributed by atoms with van der Waals surface area (Å²) in [5.41, 5.74) is 2.69. The van der Waals surface area contributed by atoms with Crippen molar-refractivity contribution in [3.8, 4) is 17.2 Å². The molecule has 0 saturated carbocycles. The molecule has 1 saturated heterocycles. The molecule has 0 aliphatic carbocycles. The number of carbonyl (C=O) groups is 2. The van der Waals surface area contributed by atoms with E-state index in [-0.39, 0.29) is 18.6 Å². The number of alkyl halides is 2. The number of benzene rings is 1. The van der Waals surface area contributed by atoms with E-state index in [0.29, 0.717) is 11.1 Å². The number of likely N-dealkylation sites (tertiary alicyclic amines) is 1. The first-order valence-electron chi connectivity index (χ1n) is 9.76. The van der Waals surface area contributed by atoms with Crippen molar-refractivity contribution in [1.82, 2.24) is 19.7 Å². The molecule has 3 heterocycles. The molecule has 1 atom stereocenters. The summed E-state index contributed by atoms with van der Waals surface area (Å²) in [5, 5.41) is 14.2. The second-order valence-electron chi connectivity index (χ2n) is 7.58. The maximum Gasteiger partial charge on any atom is 0.268 e. The van der Waals surface area contributed by atoms with Gasteiger partial charge in [-0.05, 0) is 17.7 Å². The highest BCUT2D eigenvalue weighted by Crippen LogP contribution is 2.33. The molecule has 31 heavy (non-hydrogen) atoms. The summed E-state index contributed by atoms with van der Waals surface area (Å²) >= 11 is 0. The zero-order valence-electron chi connectivity index (χ0n) is 16.8. The first-order valence-corrected chi connectivity index (χ1v) is 9.76. The Balaban J connectivity index is 1.56. The zero-order valence-corrected chi connectivity index (χ0v) is 16.8. The van der Waals surface area contributed by atoms with Gasteiger partial charge in [-0.15, -0.1) is 0 Å².